The van der Waals surface area contributed by atoms with E-state index in [1.54, 1.807) is 6.92 Å². The predicted molar refractivity (Wildman–Crippen MR) is 95.9 cm³/mol. The molecule has 0 saturated carbocycles. The summed E-state index contributed by atoms with van der Waals surface area (Å²) in [5.74, 6) is 0.512. The van der Waals surface area contributed by atoms with Gasteiger partial charge < -0.3 is 20.5 Å². The number of hydrogen-bond acceptors (Lipinski definition) is 4. The molecule has 0 aliphatic carbocycles. The quantitative estimate of drug-likeness (QED) is 0.264. The summed E-state index contributed by atoms with van der Waals surface area (Å²) < 4.78 is 4.88. The van der Waals surface area contributed by atoms with Crippen molar-refractivity contribution in [2.75, 3.05) is 26.2 Å². The van der Waals surface area contributed by atoms with E-state index in [4.69, 9.17) is 4.74 Å². The lowest BCUT2D eigenvalue weighted by Crippen LogP contribution is -2.38. The van der Waals surface area contributed by atoms with E-state index in [1.165, 1.54) is 0 Å². The molecule has 134 valence electrons. The van der Waals surface area contributed by atoms with Crippen LogP contribution in [0.1, 0.15) is 44.8 Å². The fraction of sp³-hybridized carbons (Fsp3) is 0.556. The number of aliphatic hydroxyl groups is 1. The van der Waals surface area contributed by atoms with Crippen molar-refractivity contribution in [1.29, 1.82) is 0 Å². The highest BCUT2D eigenvalue weighted by Gasteiger charge is 2.07. The minimum Gasteiger partial charge on any atom is -0.466 e. The summed E-state index contributed by atoms with van der Waals surface area (Å²) >= 11 is 0. The molecule has 0 aromatic heterocycles. The molecule has 6 nitrogen and oxygen atoms in total. The molecular weight excluding hydrogens is 306 g/mol. The zero-order valence-corrected chi connectivity index (χ0v) is 14.6. The van der Waals surface area contributed by atoms with Crippen LogP contribution in [0.4, 0.5) is 0 Å². The molecule has 1 aromatic rings. The Bertz CT molecular complexity index is 492. The van der Waals surface area contributed by atoms with E-state index in [0.717, 1.165) is 12.1 Å². The molecule has 0 fully saturated rings. The van der Waals surface area contributed by atoms with Crippen LogP contribution in [0.25, 0.3) is 0 Å². The number of hydrogen-bond donors (Lipinski definition) is 3. The number of guanidine groups is 1. The van der Waals surface area contributed by atoms with Gasteiger partial charge in [-0.1, -0.05) is 30.3 Å². The summed E-state index contributed by atoms with van der Waals surface area (Å²) in [6.45, 7) is 6.12. The van der Waals surface area contributed by atoms with Gasteiger partial charge in [-0.2, -0.15) is 0 Å². The SMILES string of the molecule is CCNC(=NCCCC(=O)OCC)NCCC(O)c1ccccc1. The summed E-state index contributed by atoms with van der Waals surface area (Å²) in [7, 11) is 0. The van der Waals surface area contributed by atoms with Crippen LogP contribution in [0.3, 0.4) is 0 Å². The summed E-state index contributed by atoms with van der Waals surface area (Å²) in [5.41, 5.74) is 0.913. The summed E-state index contributed by atoms with van der Waals surface area (Å²) in [6.07, 6.45) is 1.13. The van der Waals surface area contributed by atoms with Gasteiger partial charge >= 0.3 is 5.97 Å². The monoisotopic (exact) mass is 335 g/mol. The second kappa shape index (κ2) is 12.4. The van der Waals surface area contributed by atoms with Crippen molar-refractivity contribution in [1.82, 2.24) is 10.6 Å². The Morgan fingerprint density at radius 3 is 2.67 bits per heavy atom. The van der Waals surface area contributed by atoms with Gasteiger partial charge in [-0.15, -0.1) is 0 Å². The maximum atomic E-state index is 11.3. The molecular formula is C18H29N3O3. The van der Waals surface area contributed by atoms with Crippen LogP contribution >= 0.6 is 0 Å². The fourth-order valence-corrected chi connectivity index (χ4v) is 2.16. The fourth-order valence-electron chi connectivity index (χ4n) is 2.16. The predicted octanol–water partition coefficient (Wildman–Crippen LogP) is 2.01. The Labute approximate surface area is 144 Å². The van der Waals surface area contributed by atoms with Crippen molar-refractivity contribution in [2.45, 2.75) is 39.2 Å². The van der Waals surface area contributed by atoms with Crippen molar-refractivity contribution in [3.63, 3.8) is 0 Å². The molecule has 0 radical (unpaired) electrons. The van der Waals surface area contributed by atoms with Crippen LogP contribution < -0.4 is 10.6 Å². The molecule has 0 aliphatic heterocycles. The standard InChI is InChI=1S/C18H29N3O3/c1-3-19-18(20-13-8-11-17(23)24-4-2)21-14-12-16(22)15-9-6-5-7-10-15/h5-7,9-10,16,22H,3-4,8,11-14H2,1-2H3,(H2,19,20,21). The van der Waals surface area contributed by atoms with Crippen LogP contribution in [-0.4, -0.2) is 43.3 Å². The number of rotatable bonds is 10. The second-order valence-corrected chi connectivity index (χ2v) is 5.31. The number of benzene rings is 1. The second-order valence-electron chi connectivity index (χ2n) is 5.31. The van der Waals surface area contributed by atoms with E-state index < -0.39 is 6.10 Å². The molecule has 6 heteroatoms. The van der Waals surface area contributed by atoms with Crippen LogP contribution in [0.5, 0.6) is 0 Å². The van der Waals surface area contributed by atoms with Gasteiger partial charge in [0.05, 0.1) is 12.7 Å². The molecule has 1 rings (SSSR count). The van der Waals surface area contributed by atoms with Gasteiger partial charge in [-0.3, -0.25) is 9.79 Å². The smallest absolute Gasteiger partial charge is 0.305 e. The number of carbonyl (C=O) groups is 1. The normalized spacial score (nSPS) is 12.5. The van der Waals surface area contributed by atoms with Crippen LogP contribution in [0.2, 0.25) is 0 Å². The van der Waals surface area contributed by atoms with E-state index in [-0.39, 0.29) is 5.97 Å². The highest BCUT2D eigenvalue weighted by atomic mass is 16.5. The van der Waals surface area contributed by atoms with Gasteiger partial charge in [0.25, 0.3) is 0 Å². The largest absolute Gasteiger partial charge is 0.466 e. The Hall–Kier alpha value is -2.08. The number of nitrogens with zero attached hydrogens (tertiary/aromatic N) is 1. The first-order valence-electron chi connectivity index (χ1n) is 8.58. The van der Waals surface area contributed by atoms with E-state index in [0.29, 0.717) is 44.9 Å². The van der Waals surface area contributed by atoms with Crippen molar-refractivity contribution in [3.05, 3.63) is 35.9 Å². The van der Waals surface area contributed by atoms with Crippen molar-refractivity contribution < 1.29 is 14.6 Å². The van der Waals surface area contributed by atoms with Gasteiger partial charge in [0, 0.05) is 26.1 Å². The van der Waals surface area contributed by atoms with Crippen molar-refractivity contribution in [3.8, 4) is 0 Å². The molecule has 24 heavy (non-hydrogen) atoms. The number of aliphatic imine (C=N–C) groups is 1. The number of nitrogens with one attached hydrogen (secondary N) is 2. The zero-order valence-electron chi connectivity index (χ0n) is 14.6. The number of aliphatic hydroxyl groups excluding tert-OH is 1. The third-order valence-corrected chi connectivity index (χ3v) is 3.35. The Morgan fingerprint density at radius 1 is 1.25 bits per heavy atom. The third kappa shape index (κ3) is 8.53. The van der Waals surface area contributed by atoms with Crippen LogP contribution in [-0.2, 0) is 9.53 Å². The molecule has 0 heterocycles. The first kappa shape index (κ1) is 20.0. The Kier molecular flexibility index (Phi) is 10.3. The lowest BCUT2D eigenvalue weighted by molar-refractivity contribution is -0.143. The molecule has 0 saturated heterocycles. The van der Waals surface area contributed by atoms with E-state index in [1.807, 2.05) is 37.3 Å². The zero-order chi connectivity index (χ0) is 17.6. The van der Waals surface area contributed by atoms with Gasteiger partial charge in [-0.05, 0) is 32.3 Å². The third-order valence-electron chi connectivity index (χ3n) is 3.35. The molecule has 1 unspecified atom stereocenters. The van der Waals surface area contributed by atoms with Crippen molar-refractivity contribution in [2.24, 2.45) is 4.99 Å². The van der Waals surface area contributed by atoms with Gasteiger partial charge in [-0.25, -0.2) is 0 Å². The van der Waals surface area contributed by atoms with E-state index in [2.05, 4.69) is 15.6 Å². The summed E-state index contributed by atoms with van der Waals surface area (Å²) in [6, 6.07) is 9.60. The first-order chi connectivity index (χ1) is 11.7. The van der Waals surface area contributed by atoms with Crippen molar-refractivity contribution >= 4 is 11.9 Å². The van der Waals surface area contributed by atoms with Gasteiger partial charge in [0.2, 0.25) is 0 Å². The minimum atomic E-state index is -0.495. The van der Waals surface area contributed by atoms with Crippen LogP contribution in [0.15, 0.2) is 35.3 Å². The molecule has 1 atom stereocenters. The summed E-state index contributed by atoms with van der Waals surface area (Å²) in [4.78, 5) is 15.7. The highest BCUT2D eigenvalue weighted by molar-refractivity contribution is 5.79. The maximum Gasteiger partial charge on any atom is 0.305 e. The minimum absolute atomic E-state index is 0.184. The molecule has 0 bridgehead atoms. The maximum absolute atomic E-state index is 11.3. The van der Waals surface area contributed by atoms with E-state index >= 15 is 0 Å². The first-order valence-corrected chi connectivity index (χ1v) is 8.58. The lowest BCUT2D eigenvalue weighted by atomic mass is 10.1. The molecule has 0 aliphatic rings. The number of esters is 1. The lowest BCUT2D eigenvalue weighted by Gasteiger charge is -2.14. The summed E-state index contributed by atoms with van der Waals surface area (Å²) in [5, 5.41) is 16.5. The molecule has 3 N–H and O–H groups in total. The number of ether oxygens (including phenoxy) is 1. The van der Waals surface area contributed by atoms with Gasteiger partial charge in [0.1, 0.15) is 0 Å². The topological polar surface area (TPSA) is 83.0 Å². The van der Waals surface area contributed by atoms with Crippen LogP contribution in [0, 0.1) is 0 Å². The average Bonchev–Trinajstić information content (AvgIpc) is 2.59. The molecule has 0 amide bonds. The van der Waals surface area contributed by atoms with E-state index in [9.17, 15) is 9.90 Å². The number of carbonyl (C=O) groups excluding carboxylic acids is 1. The highest BCUT2D eigenvalue weighted by Crippen LogP contribution is 2.14. The molecule has 1 aromatic carbocycles. The Morgan fingerprint density at radius 2 is 2.00 bits per heavy atom. The Balaban J connectivity index is 2.31. The average molecular weight is 335 g/mol. The van der Waals surface area contributed by atoms with Gasteiger partial charge in [0.15, 0.2) is 5.96 Å². The molecule has 0 spiro atoms.